The van der Waals surface area contributed by atoms with Crippen molar-refractivity contribution in [1.29, 1.82) is 5.26 Å². The molecular formula is C18H24N4O2. The van der Waals surface area contributed by atoms with Crippen molar-refractivity contribution in [3.8, 4) is 6.07 Å². The summed E-state index contributed by atoms with van der Waals surface area (Å²) in [7, 11) is 0. The molecule has 0 aliphatic carbocycles. The Hall–Kier alpha value is -2.39. The fraction of sp³-hybridized carbons (Fsp3) is 0.500. The van der Waals surface area contributed by atoms with Gasteiger partial charge >= 0.3 is 0 Å². The molecule has 1 aromatic carbocycles. The van der Waals surface area contributed by atoms with Gasteiger partial charge in [-0.2, -0.15) is 5.26 Å². The minimum absolute atomic E-state index is 0.0462. The third-order valence-electron chi connectivity index (χ3n) is 4.12. The van der Waals surface area contributed by atoms with Gasteiger partial charge in [-0.25, -0.2) is 0 Å². The van der Waals surface area contributed by atoms with Crippen LogP contribution in [0.3, 0.4) is 0 Å². The lowest BCUT2D eigenvalue weighted by atomic mass is 10.1. The van der Waals surface area contributed by atoms with Crippen molar-refractivity contribution in [2.24, 2.45) is 0 Å². The smallest absolute Gasteiger partial charge is 0.253 e. The average molecular weight is 328 g/mol. The van der Waals surface area contributed by atoms with Gasteiger partial charge in [0.05, 0.1) is 18.2 Å². The number of carbonyl (C=O) groups is 2. The van der Waals surface area contributed by atoms with Crippen molar-refractivity contribution in [3.05, 3.63) is 35.4 Å². The molecule has 24 heavy (non-hydrogen) atoms. The van der Waals surface area contributed by atoms with Crippen molar-refractivity contribution < 1.29 is 9.59 Å². The molecule has 1 saturated heterocycles. The van der Waals surface area contributed by atoms with E-state index in [-0.39, 0.29) is 11.8 Å². The highest BCUT2D eigenvalue weighted by Gasteiger charge is 2.23. The molecule has 0 atom stereocenters. The third-order valence-corrected chi connectivity index (χ3v) is 4.12. The van der Waals surface area contributed by atoms with Crippen LogP contribution in [0, 0.1) is 11.3 Å². The second-order valence-electron chi connectivity index (χ2n) is 5.96. The maximum Gasteiger partial charge on any atom is 0.253 e. The summed E-state index contributed by atoms with van der Waals surface area (Å²) in [5.74, 6) is -0.0101. The predicted octanol–water partition coefficient (Wildman–Crippen LogP) is 1.23. The van der Waals surface area contributed by atoms with E-state index in [0.29, 0.717) is 43.9 Å². The molecule has 2 rings (SSSR count). The summed E-state index contributed by atoms with van der Waals surface area (Å²) in [4.78, 5) is 28.2. The SMILES string of the molecule is CCCCNC(=O)CN1CCN(C(=O)c2cccc(C#N)c2)CC1. The lowest BCUT2D eigenvalue weighted by Crippen LogP contribution is -2.51. The van der Waals surface area contributed by atoms with Gasteiger partial charge in [0.25, 0.3) is 5.91 Å². The molecular weight excluding hydrogens is 304 g/mol. The van der Waals surface area contributed by atoms with E-state index < -0.39 is 0 Å². The molecule has 6 nitrogen and oxygen atoms in total. The molecule has 128 valence electrons. The van der Waals surface area contributed by atoms with Crippen LogP contribution in [0.15, 0.2) is 24.3 Å². The number of carbonyl (C=O) groups excluding carboxylic acids is 2. The summed E-state index contributed by atoms with van der Waals surface area (Å²) >= 11 is 0. The Morgan fingerprint density at radius 2 is 2.00 bits per heavy atom. The molecule has 6 heteroatoms. The minimum Gasteiger partial charge on any atom is -0.355 e. The Morgan fingerprint density at radius 1 is 1.25 bits per heavy atom. The normalized spacial score (nSPS) is 14.9. The van der Waals surface area contributed by atoms with Crippen molar-refractivity contribution >= 4 is 11.8 Å². The van der Waals surface area contributed by atoms with E-state index in [4.69, 9.17) is 5.26 Å². The molecule has 0 aromatic heterocycles. The maximum absolute atomic E-state index is 12.5. The van der Waals surface area contributed by atoms with Crippen LogP contribution in [0.2, 0.25) is 0 Å². The molecule has 1 aliphatic heterocycles. The number of unbranched alkanes of at least 4 members (excludes halogenated alkanes) is 1. The molecule has 1 N–H and O–H groups in total. The van der Waals surface area contributed by atoms with Crippen LogP contribution in [-0.2, 0) is 4.79 Å². The molecule has 1 aromatic rings. The first kappa shape index (κ1) is 18.0. The second-order valence-corrected chi connectivity index (χ2v) is 5.96. The van der Waals surface area contributed by atoms with Gasteiger partial charge in [-0.05, 0) is 24.6 Å². The van der Waals surface area contributed by atoms with Gasteiger partial charge in [-0.3, -0.25) is 14.5 Å². The number of benzene rings is 1. The summed E-state index contributed by atoms with van der Waals surface area (Å²) in [6.07, 6.45) is 2.06. The van der Waals surface area contributed by atoms with Crippen LogP contribution in [0.5, 0.6) is 0 Å². The first-order valence-electron chi connectivity index (χ1n) is 8.42. The Labute approximate surface area is 143 Å². The number of nitrogens with zero attached hydrogens (tertiary/aromatic N) is 3. The Kier molecular flexibility index (Phi) is 6.76. The van der Waals surface area contributed by atoms with Crippen molar-refractivity contribution in [2.45, 2.75) is 19.8 Å². The van der Waals surface area contributed by atoms with Gasteiger partial charge < -0.3 is 10.2 Å². The third kappa shape index (κ3) is 5.07. The van der Waals surface area contributed by atoms with Crippen LogP contribution < -0.4 is 5.32 Å². The molecule has 1 heterocycles. The Morgan fingerprint density at radius 3 is 2.67 bits per heavy atom. The minimum atomic E-state index is -0.0563. The monoisotopic (exact) mass is 328 g/mol. The van der Waals surface area contributed by atoms with Crippen LogP contribution in [-0.4, -0.2) is 60.9 Å². The van der Waals surface area contributed by atoms with Gasteiger partial charge in [0.1, 0.15) is 0 Å². The first-order chi connectivity index (χ1) is 11.6. The fourth-order valence-corrected chi connectivity index (χ4v) is 2.68. The van der Waals surface area contributed by atoms with E-state index in [0.717, 1.165) is 19.4 Å². The number of hydrogen-bond donors (Lipinski definition) is 1. The first-order valence-corrected chi connectivity index (χ1v) is 8.42. The molecule has 1 aliphatic rings. The summed E-state index contributed by atoms with van der Waals surface area (Å²) in [5.41, 5.74) is 1.03. The quantitative estimate of drug-likeness (QED) is 0.797. The van der Waals surface area contributed by atoms with Crippen molar-refractivity contribution in [2.75, 3.05) is 39.3 Å². The number of nitrogens with one attached hydrogen (secondary N) is 1. The lowest BCUT2D eigenvalue weighted by molar-refractivity contribution is -0.122. The van der Waals surface area contributed by atoms with Crippen LogP contribution in [0.25, 0.3) is 0 Å². The molecule has 2 amide bonds. The van der Waals surface area contributed by atoms with Crippen LogP contribution in [0.1, 0.15) is 35.7 Å². The highest BCUT2D eigenvalue weighted by atomic mass is 16.2. The second kappa shape index (κ2) is 9.04. The predicted molar refractivity (Wildman–Crippen MR) is 91.4 cm³/mol. The van der Waals surface area contributed by atoms with E-state index in [1.807, 2.05) is 0 Å². The highest BCUT2D eigenvalue weighted by molar-refractivity contribution is 5.94. The summed E-state index contributed by atoms with van der Waals surface area (Å²) in [5, 5.41) is 11.8. The zero-order valence-corrected chi connectivity index (χ0v) is 14.1. The van der Waals surface area contributed by atoms with Gasteiger partial charge in [0.2, 0.25) is 5.91 Å². The zero-order valence-electron chi connectivity index (χ0n) is 14.1. The van der Waals surface area contributed by atoms with Gasteiger partial charge in [0.15, 0.2) is 0 Å². The highest BCUT2D eigenvalue weighted by Crippen LogP contribution is 2.10. The Balaban J connectivity index is 1.80. The number of rotatable bonds is 6. The summed E-state index contributed by atoms with van der Waals surface area (Å²) in [6, 6.07) is 8.82. The summed E-state index contributed by atoms with van der Waals surface area (Å²) in [6.45, 7) is 5.76. The average Bonchev–Trinajstić information content (AvgIpc) is 2.62. The van der Waals surface area contributed by atoms with Gasteiger partial charge in [0, 0.05) is 38.3 Å². The van der Waals surface area contributed by atoms with E-state index in [1.54, 1.807) is 29.2 Å². The fourth-order valence-electron chi connectivity index (χ4n) is 2.68. The van der Waals surface area contributed by atoms with Crippen molar-refractivity contribution in [3.63, 3.8) is 0 Å². The standard InChI is InChI=1S/C18H24N4O2/c1-2-3-7-20-17(23)14-21-8-10-22(11-9-21)18(24)16-6-4-5-15(12-16)13-19/h4-6,12H,2-3,7-11,14H2,1H3,(H,20,23). The summed E-state index contributed by atoms with van der Waals surface area (Å²) < 4.78 is 0. The van der Waals surface area contributed by atoms with Crippen molar-refractivity contribution in [1.82, 2.24) is 15.1 Å². The molecule has 0 unspecified atom stereocenters. The number of piperazine rings is 1. The largest absolute Gasteiger partial charge is 0.355 e. The van der Waals surface area contributed by atoms with E-state index in [9.17, 15) is 9.59 Å². The molecule has 0 saturated carbocycles. The number of nitriles is 1. The molecule has 0 radical (unpaired) electrons. The van der Waals surface area contributed by atoms with E-state index in [2.05, 4.69) is 23.2 Å². The van der Waals surface area contributed by atoms with Gasteiger partial charge in [-0.15, -0.1) is 0 Å². The van der Waals surface area contributed by atoms with Crippen LogP contribution >= 0.6 is 0 Å². The number of amides is 2. The van der Waals surface area contributed by atoms with Gasteiger partial charge in [-0.1, -0.05) is 19.4 Å². The maximum atomic E-state index is 12.5. The Bertz CT molecular complexity index is 616. The number of hydrogen-bond acceptors (Lipinski definition) is 4. The lowest BCUT2D eigenvalue weighted by Gasteiger charge is -2.34. The molecule has 0 bridgehead atoms. The van der Waals surface area contributed by atoms with E-state index in [1.165, 1.54) is 0 Å². The van der Waals surface area contributed by atoms with Crippen LogP contribution in [0.4, 0.5) is 0 Å². The topological polar surface area (TPSA) is 76.4 Å². The molecule has 1 fully saturated rings. The zero-order chi connectivity index (χ0) is 17.4. The molecule has 0 spiro atoms. The van der Waals surface area contributed by atoms with E-state index >= 15 is 0 Å².